The van der Waals surface area contributed by atoms with Crippen LogP contribution in [0.3, 0.4) is 0 Å². The van der Waals surface area contributed by atoms with Crippen molar-refractivity contribution in [2.45, 2.75) is 32.7 Å². The molecule has 1 atom stereocenters. The van der Waals surface area contributed by atoms with Crippen LogP contribution in [-0.2, 0) is 16.3 Å². The number of nitrogens with zero attached hydrogens (tertiary/aromatic N) is 5. The maximum Gasteiger partial charge on any atom is 0.254 e. The zero-order valence-corrected chi connectivity index (χ0v) is 24.5. The van der Waals surface area contributed by atoms with E-state index in [2.05, 4.69) is 24.0 Å². The third-order valence-corrected chi connectivity index (χ3v) is 10.0. The Labute approximate surface area is 240 Å². The molecule has 2 fully saturated rings. The maximum atomic E-state index is 14.2. The van der Waals surface area contributed by atoms with E-state index in [-0.39, 0.29) is 23.5 Å². The Morgan fingerprint density at radius 1 is 1.05 bits per heavy atom. The van der Waals surface area contributed by atoms with Gasteiger partial charge in [0.1, 0.15) is 5.75 Å². The number of rotatable bonds is 6. The van der Waals surface area contributed by atoms with Crippen molar-refractivity contribution in [2.24, 2.45) is 0 Å². The van der Waals surface area contributed by atoms with Gasteiger partial charge in [-0.1, -0.05) is 43.3 Å². The topological polar surface area (TPSA) is 97.6 Å². The molecule has 41 heavy (non-hydrogen) atoms. The summed E-state index contributed by atoms with van der Waals surface area (Å²) in [5.41, 5.74) is 5.63. The summed E-state index contributed by atoms with van der Waals surface area (Å²) in [6.45, 7) is 6.48. The van der Waals surface area contributed by atoms with Crippen LogP contribution < -0.4 is 9.64 Å². The van der Waals surface area contributed by atoms with Crippen LogP contribution in [-0.4, -0.2) is 78.8 Å². The average Bonchev–Trinajstić information content (AvgIpc) is 3.54. The molecule has 6 rings (SSSR count). The molecule has 0 aliphatic carbocycles. The molecule has 10 heteroatoms. The van der Waals surface area contributed by atoms with Gasteiger partial charge in [-0.2, -0.15) is 5.10 Å². The Morgan fingerprint density at radius 2 is 1.78 bits per heavy atom. The number of ether oxygens (including phenoxy) is 1. The molecule has 4 heterocycles. The monoisotopic (exact) mass is 573 g/mol. The molecule has 0 bridgehead atoms. The highest BCUT2D eigenvalue weighted by molar-refractivity contribution is 7.91. The minimum Gasteiger partial charge on any atom is -0.495 e. The van der Waals surface area contributed by atoms with E-state index in [1.54, 1.807) is 11.8 Å². The standard InChI is InChI=1S/C31H35N5O4S/c1-4-22-9-11-23(12-10-22)26-19-25(29-21(2)33-36(30(29)32-26)24-13-18-41(38,39)20-24)31(37)35-16-14-34(15-17-35)27-7-5-6-8-28(27)40-3/h5-12,19,24H,4,13-18,20H2,1-3H3. The van der Waals surface area contributed by atoms with Crippen LogP contribution in [0.1, 0.15) is 41.0 Å². The van der Waals surface area contributed by atoms with Crippen LogP contribution >= 0.6 is 0 Å². The second-order valence-electron chi connectivity index (χ2n) is 10.8. The van der Waals surface area contributed by atoms with E-state index in [4.69, 9.17) is 14.8 Å². The highest BCUT2D eigenvalue weighted by Crippen LogP contribution is 2.34. The van der Waals surface area contributed by atoms with Crippen molar-refractivity contribution in [3.05, 3.63) is 71.4 Å². The van der Waals surface area contributed by atoms with Gasteiger partial charge in [0.05, 0.1) is 52.7 Å². The lowest BCUT2D eigenvalue weighted by Crippen LogP contribution is -2.49. The fraction of sp³-hybridized carbons (Fsp3) is 0.387. The predicted molar refractivity (Wildman–Crippen MR) is 160 cm³/mol. The van der Waals surface area contributed by atoms with Gasteiger partial charge >= 0.3 is 0 Å². The summed E-state index contributed by atoms with van der Waals surface area (Å²) in [4.78, 5) is 23.3. The zero-order valence-electron chi connectivity index (χ0n) is 23.7. The number of sulfone groups is 1. The third kappa shape index (κ3) is 5.16. The molecule has 2 aliphatic heterocycles. The van der Waals surface area contributed by atoms with E-state index in [0.29, 0.717) is 60.6 Å². The van der Waals surface area contributed by atoms with Crippen LogP contribution in [0.5, 0.6) is 5.75 Å². The second-order valence-corrected chi connectivity index (χ2v) is 13.1. The largest absolute Gasteiger partial charge is 0.495 e. The Kier molecular flexibility index (Phi) is 7.19. The lowest BCUT2D eigenvalue weighted by molar-refractivity contribution is 0.0748. The van der Waals surface area contributed by atoms with Crippen LogP contribution in [0.25, 0.3) is 22.3 Å². The second kappa shape index (κ2) is 10.8. The van der Waals surface area contributed by atoms with Gasteiger partial charge in [-0.3, -0.25) is 4.79 Å². The number of carbonyl (C=O) groups excluding carboxylic acids is 1. The fourth-order valence-corrected chi connectivity index (χ4v) is 7.67. The number of aromatic nitrogens is 3. The van der Waals surface area contributed by atoms with Gasteiger partial charge in [-0.05, 0) is 43.5 Å². The van der Waals surface area contributed by atoms with E-state index in [9.17, 15) is 13.2 Å². The van der Waals surface area contributed by atoms with Crippen LogP contribution in [0.15, 0.2) is 54.6 Å². The number of aryl methyl sites for hydroxylation is 2. The molecule has 0 saturated carbocycles. The molecule has 1 amide bonds. The number of anilines is 1. The van der Waals surface area contributed by atoms with E-state index in [0.717, 1.165) is 23.4 Å². The quantitative estimate of drug-likeness (QED) is 0.339. The summed E-state index contributed by atoms with van der Waals surface area (Å²) in [5, 5.41) is 5.45. The Hall–Kier alpha value is -3.92. The van der Waals surface area contributed by atoms with Crippen molar-refractivity contribution in [2.75, 3.05) is 49.7 Å². The minimum absolute atomic E-state index is 0.0362. The molecular formula is C31H35N5O4S. The van der Waals surface area contributed by atoms with Gasteiger partial charge in [0.15, 0.2) is 15.5 Å². The Bertz CT molecular complexity index is 1710. The van der Waals surface area contributed by atoms with E-state index < -0.39 is 9.84 Å². The lowest BCUT2D eigenvalue weighted by Gasteiger charge is -2.36. The SMILES string of the molecule is CCc1ccc(-c2cc(C(=O)N3CCN(c4ccccc4OC)CC3)c3c(C)nn(C4CCS(=O)(=O)C4)c3n2)cc1. The number of hydrogen-bond donors (Lipinski definition) is 0. The number of fused-ring (bicyclic) bond motifs is 1. The summed E-state index contributed by atoms with van der Waals surface area (Å²) in [5.74, 6) is 0.927. The van der Waals surface area contributed by atoms with Gasteiger partial charge in [0, 0.05) is 31.7 Å². The molecule has 0 N–H and O–H groups in total. The van der Waals surface area contributed by atoms with Crippen LogP contribution in [0.4, 0.5) is 5.69 Å². The van der Waals surface area contributed by atoms with Crippen molar-refractivity contribution >= 4 is 32.5 Å². The van der Waals surface area contributed by atoms with Crippen molar-refractivity contribution < 1.29 is 17.9 Å². The molecule has 0 spiro atoms. The zero-order chi connectivity index (χ0) is 28.7. The van der Waals surface area contributed by atoms with Crippen LogP contribution in [0.2, 0.25) is 0 Å². The summed E-state index contributed by atoms with van der Waals surface area (Å²) in [6.07, 6.45) is 1.42. The van der Waals surface area contributed by atoms with E-state index in [1.165, 1.54) is 5.56 Å². The van der Waals surface area contributed by atoms with Crippen molar-refractivity contribution in [1.82, 2.24) is 19.7 Å². The van der Waals surface area contributed by atoms with Crippen LogP contribution in [0, 0.1) is 6.92 Å². The minimum atomic E-state index is -3.13. The van der Waals surface area contributed by atoms with Crippen molar-refractivity contribution in [3.63, 3.8) is 0 Å². The predicted octanol–water partition coefficient (Wildman–Crippen LogP) is 4.30. The summed E-state index contributed by atoms with van der Waals surface area (Å²) >= 11 is 0. The first kappa shape index (κ1) is 27.3. The van der Waals surface area contributed by atoms with Gasteiger partial charge in [-0.25, -0.2) is 18.1 Å². The molecule has 1 unspecified atom stereocenters. The Balaban J connectivity index is 1.38. The highest BCUT2D eigenvalue weighted by Gasteiger charge is 2.33. The Morgan fingerprint density at radius 3 is 2.44 bits per heavy atom. The third-order valence-electron chi connectivity index (χ3n) is 8.27. The number of methoxy groups -OCH3 is 1. The molecule has 9 nitrogen and oxygen atoms in total. The van der Waals surface area contributed by atoms with E-state index in [1.807, 2.05) is 54.3 Å². The number of para-hydroxylation sites is 2. The normalized spacial score (nSPS) is 18.7. The molecule has 2 aromatic heterocycles. The first-order valence-electron chi connectivity index (χ1n) is 14.1. The first-order valence-corrected chi connectivity index (χ1v) is 16.0. The first-order chi connectivity index (χ1) is 19.8. The number of pyridine rings is 1. The number of piperazine rings is 1. The molecule has 214 valence electrons. The molecule has 2 saturated heterocycles. The highest BCUT2D eigenvalue weighted by atomic mass is 32.2. The van der Waals surface area contributed by atoms with E-state index >= 15 is 0 Å². The smallest absolute Gasteiger partial charge is 0.254 e. The molecular weight excluding hydrogens is 538 g/mol. The maximum absolute atomic E-state index is 14.2. The van der Waals surface area contributed by atoms with Gasteiger partial charge < -0.3 is 14.5 Å². The average molecular weight is 574 g/mol. The number of hydrogen-bond acceptors (Lipinski definition) is 7. The molecule has 0 radical (unpaired) electrons. The summed E-state index contributed by atoms with van der Waals surface area (Å²) in [7, 11) is -1.46. The number of benzene rings is 2. The summed E-state index contributed by atoms with van der Waals surface area (Å²) in [6, 6.07) is 17.7. The summed E-state index contributed by atoms with van der Waals surface area (Å²) < 4.78 is 31.9. The van der Waals surface area contributed by atoms with Crippen molar-refractivity contribution in [3.8, 4) is 17.0 Å². The van der Waals surface area contributed by atoms with Gasteiger partial charge in [0.2, 0.25) is 0 Å². The molecule has 4 aromatic rings. The molecule has 2 aromatic carbocycles. The van der Waals surface area contributed by atoms with Gasteiger partial charge in [-0.15, -0.1) is 0 Å². The lowest BCUT2D eigenvalue weighted by atomic mass is 10.0. The number of amides is 1. The molecule has 2 aliphatic rings. The fourth-order valence-electron chi connectivity index (χ4n) is 5.98. The number of carbonyl (C=O) groups is 1. The van der Waals surface area contributed by atoms with Gasteiger partial charge in [0.25, 0.3) is 5.91 Å². The van der Waals surface area contributed by atoms with Crippen molar-refractivity contribution in [1.29, 1.82) is 0 Å².